The topological polar surface area (TPSA) is 75.4 Å². The number of rotatable bonds is 7. The first-order valence-corrected chi connectivity index (χ1v) is 9.11. The van der Waals surface area contributed by atoms with E-state index in [2.05, 4.69) is 9.62 Å². The molecule has 0 atom stereocenters. The Bertz CT molecular complexity index is 596. The van der Waals surface area contributed by atoms with Gasteiger partial charge in [-0.05, 0) is 37.6 Å². The first-order chi connectivity index (χ1) is 9.96. The van der Waals surface area contributed by atoms with E-state index in [0.29, 0.717) is 17.7 Å². The number of nitrogens with zero attached hydrogens (tertiary/aromatic N) is 1. The van der Waals surface area contributed by atoms with Crippen molar-refractivity contribution in [3.63, 3.8) is 0 Å². The third kappa shape index (κ3) is 5.35. The maximum atomic E-state index is 12.1. The fourth-order valence-corrected chi connectivity index (χ4v) is 3.70. The molecule has 0 amide bonds. The van der Waals surface area contributed by atoms with E-state index in [1.54, 1.807) is 24.3 Å². The summed E-state index contributed by atoms with van der Waals surface area (Å²) in [5.41, 5.74) is 6.94. The first kappa shape index (κ1) is 16.4. The Morgan fingerprint density at radius 3 is 2.71 bits per heavy atom. The summed E-state index contributed by atoms with van der Waals surface area (Å²) in [5.74, 6) is -0.0521. The van der Waals surface area contributed by atoms with Gasteiger partial charge in [0.2, 0.25) is 10.0 Å². The molecule has 1 aromatic rings. The maximum Gasteiger partial charge on any atom is 0.215 e. The highest BCUT2D eigenvalue weighted by atomic mass is 32.2. The number of nitrogens with one attached hydrogen (secondary N) is 1. The summed E-state index contributed by atoms with van der Waals surface area (Å²) < 4.78 is 26.8. The quantitative estimate of drug-likeness (QED) is 0.726. The standard InChI is InChI=1S/C14H21N3O2S2/c15-14(20)13-5-3-4-12(10-13)11-21(18,19)16-6-9-17-7-1-2-8-17/h3-5,10,16H,1-2,6-9,11H2,(H2,15,20). The van der Waals surface area contributed by atoms with Crippen molar-refractivity contribution in [3.8, 4) is 0 Å². The predicted molar refractivity (Wildman–Crippen MR) is 88.6 cm³/mol. The fraction of sp³-hybridized carbons (Fsp3) is 0.500. The van der Waals surface area contributed by atoms with Crippen LogP contribution in [0.25, 0.3) is 0 Å². The summed E-state index contributed by atoms with van der Waals surface area (Å²) in [5, 5.41) is 0. The normalized spacial score (nSPS) is 16.2. The lowest BCUT2D eigenvalue weighted by Gasteiger charge is -2.15. The number of likely N-dealkylation sites (tertiary alicyclic amines) is 1. The van der Waals surface area contributed by atoms with Gasteiger partial charge in [0.1, 0.15) is 4.99 Å². The molecule has 3 N–H and O–H groups in total. The van der Waals surface area contributed by atoms with Gasteiger partial charge in [0.15, 0.2) is 0 Å². The Kier molecular flexibility index (Phi) is 5.69. The van der Waals surface area contributed by atoms with Crippen molar-refractivity contribution in [1.29, 1.82) is 0 Å². The Morgan fingerprint density at radius 1 is 1.33 bits per heavy atom. The number of benzene rings is 1. The highest BCUT2D eigenvalue weighted by Gasteiger charge is 2.14. The number of sulfonamides is 1. The molecule has 0 bridgehead atoms. The summed E-state index contributed by atoms with van der Waals surface area (Å²) in [6.07, 6.45) is 2.41. The van der Waals surface area contributed by atoms with Crippen LogP contribution in [0.1, 0.15) is 24.0 Å². The minimum atomic E-state index is -3.33. The third-order valence-corrected chi connectivity index (χ3v) is 5.11. The molecule has 0 saturated carbocycles. The Labute approximate surface area is 131 Å². The molecule has 21 heavy (non-hydrogen) atoms. The summed E-state index contributed by atoms with van der Waals surface area (Å²) in [4.78, 5) is 2.55. The van der Waals surface area contributed by atoms with E-state index in [1.165, 1.54) is 12.8 Å². The Hall–Kier alpha value is -1.02. The summed E-state index contributed by atoms with van der Waals surface area (Å²) in [7, 11) is -3.33. The summed E-state index contributed by atoms with van der Waals surface area (Å²) >= 11 is 4.90. The van der Waals surface area contributed by atoms with Crippen LogP contribution in [0.5, 0.6) is 0 Å². The molecule has 116 valence electrons. The van der Waals surface area contributed by atoms with Crippen LogP contribution in [0.2, 0.25) is 0 Å². The second-order valence-corrected chi connectivity index (χ2v) is 7.51. The van der Waals surface area contributed by atoms with E-state index in [4.69, 9.17) is 18.0 Å². The zero-order valence-electron chi connectivity index (χ0n) is 11.9. The SMILES string of the molecule is NC(=S)c1cccc(CS(=O)(=O)NCCN2CCCC2)c1. The molecule has 1 saturated heterocycles. The van der Waals surface area contributed by atoms with Crippen LogP contribution in [-0.2, 0) is 15.8 Å². The van der Waals surface area contributed by atoms with Crippen molar-refractivity contribution in [2.45, 2.75) is 18.6 Å². The lowest BCUT2D eigenvalue weighted by Crippen LogP contribution is -2.34. The van der Waals surface area contributed by atoms with E-state index >= 15 is 0 Å². The molecule has 1 aliphatic heterocycles. The molecule has 0 aliphatic carbocycles. The van der Waals surface area contributed by atoms with E-state index in [1.807, 2.05) is 0 Å². The minimum absolute atomic E-state index is 0.0521. The van der Waals surface area contributed by atoms with E-state index < -0.39 is 10.0 Å². The van der Waals surface area contributed by atoms with Crippen LogP contribution in [0.15, 0.2) is 24.3 Å². The Morgan fingerprint density at radius 2 is 2.05 bits per heavy atom. The average molecular weight is 327 g/mol. The van der Waals surface area contributed by atoms with Gasteiger partial charge in [-0.2, -0.15) is 0 Å². The van der Waals surface area contributed by atoms with Gasteiger partial charge in [0.05, 0.1) is 5.75 Å². The maximum absolute atomic E-state index is 12.1. The number of hydrogen-bond acceptors (Lipinski definition) is 4. The summed E-state index contributed by atoms with van der Waals surface area (Å²) in [6, 6.07) is 7.03. The van der Waals surface area contributed by atoms with Gasteiger partial charge < -0.3 is 10.6 Å². The van der Waals surface area contributed by atoms with Crippen molar-refractivity contribution in [2.24, 2.45) is 5.73 Å². The van der Waals surface area contributed by atoms with Gasteiger partial charge in [-0.15, -0.1) is 0 Å². The average Bonchev–Trinajstić information content (AvgIpc) is 2.91. The van der Waals surface area contributed by atoms with Crippen molar-refractivity contribution in [2.75, 3.05) is 26.2 Å². The fourth-order valence-electron chi connectivity index (χ4n) is 2.45. The summed E-state index contributed by atoms with van der Waals surface area (Å²) in [6.45, 7) is 3.36. The van der Waals surface area contributed by atoms with Gasteiger partial charge in [-0.25, -0.2) is 13.1 Å². The molecule has 0 spiro atoms. The van der Waals surface area contributed by atoms with Crippen LogP contribution in [-0.4, -0.2) is 44.5 Å². The van der Waals surface area contributed by atoms with Crippen molar-refractivity contribution in [3.05, 3.63) is 35.4 Å². The van der Waals surface area contributed by atoms with Gasteiger partial charge >= 0.3 is 0 Å². The molecule has 0 unspecified atom stereocenters. The predicted octanol–water partition coefficient (Wildman–Crippen LogP) is 0.836. The van der Waals surface area contributed by atoms with Crippen LogP contribution >= 0.6 is 12.2 Å². The van der Waals surface area contributed by atoms with Gasteiger partial charge in [0, 0.05) is 18.7 Å². The zero-order valence-corrected chi connectivity index (χ0v) is 13.5. The Balaban J connectivity index is 1.87. The van der Waals surface area contributed by atoms with Gasteiger partial charge in [0.25, 0.3) is 0 Å². The van der Waals surface area contributed by atoms with Crippen molar-refractivity contribution < 1.29 is 8.42 Å². The van der Waals surface area contributed by atoms with Crippen LogP contribution in [0.4, 0.5) is 0 Å². The smallest absolute Gasteiger partial charge is 0.215 e. The molecule has 1 aromatic carbocycles. The first-order valence-electron chi connectivity index (χ1n) is 7.05. The van der Waals surface area contributed by atoms with Crippen LogP contribution in [0.3, 0.4) is 0 Å². The number of hydrogen-bond donors (Lipinski definition) is 2. The monoisotopic (exact) mass is 327 g/mol. The largest absolute Gasteiger partial charge is 0.389 e. The van der Waals surface area contributed by atoms with Gasteiger partial charge in [-0.1, -0.05) is 30.4 Å². The second kappa shape index (κ2) is 7.31. The lowest BCUT2D eigenvalue weighted by atomic mass is 10.1. The van der Waals surface area contributed by atoms with Crippen LogP contribution in [0, 0.1) is 0 Å². The molecule has 1 aliphatic rings. The number of nitrogens with two attached hydrogens (primary N) is 1. The highest BCUT2D eigenvalue weighted by Crippen LogP contribution is 2.09. The molecule has 1 heterocycles. The molecular weight excluding hydrogens is 306 g/mol. The van der Waals surface area contributed by atoms with E-state index in [-0.39, 0.29) is 10.7 Å². The molecule has 0 aromatic heterocycles. The highest BCUT2D eigenvalue weighted by molar-refractivity contribution is 7.88. The molecular formula is C14H21N3O2S2. The lowest BCUT2D eigenvalue weighted by molar-refractivity contribution is 0.344. The van der Waals surface area contributed by atoms with E-state index in [0.717, 1.165) is 19.6 Å². The minimum Gasteiger partial charge on any atom is -0.389 e. The molecule has 2 rings (SSSR count). The van der Waals surface area contributed by atoms with Crippen molar-refractivity contribution in [1.82, 2.24) is 9.62 Å². The molecule has 7 heteroatoms. The third-order valence-electron chi connectivity index (χ3n) is 3.52. The molecule has 1 fully saturated rings. The van der Waals surface area contributed by atoms with E-state index in [9.17, 15) is 8.42 Å². The molecule has 5 nitrogen and oxygen atoms in total. The zero-order chi connectivity index (χ0) is 15.3. The molecule has 0 radical (unpaired) electrons. The second-order valence-electron chi connectivity index (χ2n) is 5.27. The number of thiocarbonyl (C=S) groups is 1. The van der Waals surface area contributed by atoms with Crippen LogP contribution < -0.4 is 10.5 Å². The van der Waals surface area contributed by atoms with Gasteiger partial charge in [-0.3, -0.25) is 0 Å². The van der Waals surface area contributed by atoms with Crippen molar-refractivity contribution >= 4 is 27.2 Å².